The fourth-order valence-corrected chi connectivity index (χ4v) is 1.69. The molecule has 0 aromatic carbocycles. The Morgan fingerprint density at radius 3 is 2.50 bits per heavy atom. The third-order valence-corrected chi connectivity index (χ3v) is 2.88. The molecule has 80 valence electrons. The molecule has 2 atom stereocenters. The molecular formula is C10H17NO3. The van der Waals surface area contributed by atoms with Gasteiger partial charge < -0.3 is 10.4 Å². The van der Waals surface area contributed by atoms with Crippen LogP contribution in [0.25, 0.3) is 0 Å². The Labute approximate surface area is 83.7 Å². The van der Waals surface area contributed by atoms with Gasteiger partial charge in [-0.25, -0.2) is 0 Å². The van der Waals surface area contributed by atoms with Gasteiger partial charge in [0.15, 0.2) is 0 Å². The van der Waals surface area contributed by atoms with Gasteiger partial charge in [0.25, 0.3) is 0 Å². The van der Waals surface area contributed by atoms with E-state index in [9.17, 15) is 9.59 Å². The fraction of sp³-hybridized carbons (Fsp3) is 0.800. The topological polar surface area (TPSA) is 66.4 Å². The van der Waals surface area contributed by atoms with Crippen molar-refractivity contribution in [2.45, 2.75) is 27.2 Å². The van der Waals surface area contributed by atoms with Crippen molar-refractivity contribution in [3.05, 3.63) is 0 Å². The van der Waals surface area contributed by atoms with Gasteiger partial charge in [-0.3, -0.25) is 9.59 Å². The van der Waals surface area contributed by atoms with Crippen LogP contribution in [0.5, 0.6) is 0 Å². The van der Waals surface area contributed by atoms with Gasteiger partial charge in [-0.1, -0.05) is 20.8 Å². The first-order valence-electron chi connectivity index (χ1n) is 4.83. The zero-order valence-electron chi connectivity index (χ0n) is 8.83. The molecule has 0 aromatic rings. The molecule has 4 nitrogen and oxygen atoms in total. The minimum Gasteiger partial charge on any atom is -0.481 e. The molecule has 0 radical (unpaired) electrons. The van der Waals surface area contributed by atoms with Gasteiger partial charge in [-0.05, 0) is 17.8 Å². The lowest BCUT2D eigenvalue weighted by Gasteiger charge is -2.36. The Kier molecular flexibility index (Phi) is 2.83. The highest BCUT2D eigenvalue weighted by Gasteiger charge is 2.38. The van der Waals surface area contributed by atoms with Crippen molar-refractivity contribution in [3.63, 3.8) is 0 Å². The van der Waals surface area contributed by atoms with E-state index in [0.717, 1.165) is 0 Å². The molecule has 1 saturated heterocycles. The van der Waals surface area contributed by atoms with Crippen molar-refractivity contribution >= 4 is 11.9 Å². The Morgan fingerprint density at radius 1 is 1.50 bits per heavy atom. The first-order valence-corrected chi connectivity index (χ1v) is 4.83. The van der Waals surface area contributed by atoms with E-state index in [1.807, 2.05) is 0 Å². The highest BCUT2D eigenvalue weighted by Crippen LogP contribution is 2.33. The molecule has 0 bridgehead atoms. The van der Waals surface area contributed by atoms with E-state index in [2.05, 4.69) is 26.1 Å². The second-order valence-electron chi connectivity index (χ2n) is 4.93. The predicted molar refractivity (Wildman–Crippen MR) is 51.7 cm³/mol. The summed E-state index contributed by atoms with van der Waals surface area (Å²) in [5, 5.41) is 11.5. The Morgan fingerprint density at radius 2 is 2.07 bits per heavy atom. The van der Waals surface area contributed by atoms with Gasteiger partial charge in [0.2, 0.25) is 5.91 Å². The second-order valence-corrected chi connectivity index (χ2v) is 4.93. The average Bonchev–Trinajstić information content (AvgIpc) is 2.02. The van der Waals surface area contributed by atoms with Crippen molar-refractivity contribution < 1.29 is 14.7 Å². The third kappa shape index (κ3) is 2.25. The summed E-state index contributed by atoms with van der Waals surface area (Å²) in [6, 6.07) is 0. The van der Waals surface area contributed by atoms with Gasteiger partial charge in [0.05, 0.1) is 0 Å². The number of carbonyl (C=O) groups excluding carboxylic acids is 1. The van der Waals surface area contributed by atoms with Gasteiger partial charge in [0, 0.05) is 6.54 Å². The Hall–Kier alpha value is -1.06. The van der Waals surface area contributed by atoms with Crippen LogP contribution in [0, 0.1) is 17.3 Å². The minimum absolute atomic E-state index is 0.0431. The normalized spacial score (nSPS) is 28.4. The van der Waals surface area contributed by atoms with E-state index in [0.29, 0.717) is 13.0 Å². The SMILES string of the molecule is CC(C)(C)[C@H]1CNC(=O)[C@H](C(=O)O)C1. The zero-order chi connectivity index (χ0) is 10.9. The summed E-state index contributed by atoms with van der Waals surface area (Å²) in [5.74, 6) is -2.00. The minimum atomic E-state index is -1.02. The number of amides is 1. The van der Waals surface area contributed by atoms with Crippen LogP contribution in [-0.4, -0.2) is 23.5 Å². The molecule has 2 N–H and O–H groups in total. The molecule has 1 heterocycles. The molecule has 0 aromatic heterocycles. The molecule has 1 amide bonds. The van der Waals surface area contributed by atoms with Crippen LogP contribution in [0.4, 0.5) is 0 Å². The van der Waals surface area contributed by atoms with E-state index >= 15 is 0 Å². The van der Waals surface area contributed by atoms with E-state index in [-0.39, 0.29) is 17.2 Å². The molecule has 0 saturated carbocycles. The predicted octanol–water partition coefficient (Wildman–Crippen LogP) is 0.869. The summed E-state index contributed by atoms with van der Waals surface area (Å²) in [6.45, 7) is 6.78. The van der Waals surface area contributed by atoms with Crippen molar-refractivity contribution in [1.82, 2.24) is 5.32 Å². The smallest absolute Gasteiger partial charge is 0.316 e. The lowest BCUT2D eigenvalue weighted by atomic mass is 9.74. The van der Waals surface area contributed by atoms with Gasteiger partial charge >= 0.3 is 5.97 Å². The van der Waals surface area contributed by atoms with Crippen LogP contribution < -0.4 is 5.32 Å². The molecular weight excluding hydrogens is 182 g/mol. The first-order chi connectivity index (χ1) is 6.32. The van der Waals surface area contributed by atoms with Crippen LogP contribution >= 0.6 is 0 Å². The van der Waals surface area contributed by atoms with Gasteiger partial charge in [-0.2, -0.15) is 0 Å². The summed E-state index contributed by atoms with van der Waals surface area (Å²) in [7, 11) is 0. The van der Waals surface area contributed by atoms with E-state index in [1.165, 1.54) is 0 Å². The van der Waals surface area contributed by atoms with Crippen LogP contribution in [0.3, 0.4) is 0 Å². The number of carboxylic acid groups (broad SMARTS) is 1. The maximum absolute atomic E-state index is 11.2. The summed E-state index contributed by atoms with van der Waals surface area (Å²) in [5.41, 5.74) is 0.0431. The number of hydrogen-bond donors (Lipinski definition) is 2. The fourth-order valence-electron chi connectivity index (χ4n) is 1.69. The largest absolute Gasteiger partial charge is 0.481 e. The van der Waals surface area contributed by atoms with E-state index in [4.69, 9.17) is 5.11 Å². The van der Waals surface area contributed by atoms with Gasteiger partial charge in [0.1, 0.15) is 5.92 Å². The second kappa shape index (κ2) is 3.59. The van der Waals surface area contributed by atoms with Crippen molar-refractivity contribution in [3.8, 4) is 0 Å². The molecule has 1 aliphatic heterocycles. The molecule has 0 unspecified atom stereocenters. The van der Waals surface area contributed by atoms with Crippen molar-refractivity contribution in [2.24, 2.45) is 17.3 Å². The number of hydrogen-bond acceptors (Lipinski definition) is 2. The summed E-state index contributed by atoms with van der Waals surface area (Å²) >= 11 is 0. The molecule has 1 rings (SSSR count). The highest BCUT2D eigenvalue weighted by molar-refractivity contribution is 5.97. The standard InChI is InChI=1S/C10H17NO3/c1-10(2,3)6-4-7(9(13)14)8(12)11-5-6/h6-7H,4-5H2,1-3H3,(H,11,12)(H,13,14)/t6-,7-/m1/s1. The number of aliphatic carboxylic acids is 1. The van der Waals surface area contributed by atoms with Crippen LogP contribution in [0.1, 0.15) is 27.2 Å². The molecule has 1 aliphatic rings. The summed E-state index contributed by atoms with van der Waals surface area (Å²) in [4.78, 5) is 22.0. The Bertz CT molecular complexity index is 255. The number of piperidine rings is 1. The molecule has 0 aliphatic carbocycles. The number of carboxylic acids is 1. The monoisotopic (exact) mass is 199 g/mol. The molecule has 1 fully saturated rings. The Balaban J connectivity index is 2.72. The average molecular weight is 199 g/mol. The zero-order valence-corrected chi connectivity index (χ0v) is 8.83. The quantitative estimate of drug-likeness (QED) is 0.616. The summed E-state index contributed by atoms with van der Waals surface area (Å²) < 4.78 is 0. The number of nitrogens with one attached hydrogen (secondary N) is 1. The van der Waals surface area contributed by atoms with E-state index < -0.39 is 11.9 Å². The first kappa shape index (κ1) is 11.0. The number of rotatable bonds is 1. The summed E-state index contributed by atoms with van der Waals surface area (Å²) in [6.07, 6.45) is 0.449. The van der Waals surface area contributed by atoms with Gasteiger partial charge in [-0.15, -0.1) is 0 Å². The van der Waals surface area contributed by atoms with E-state index in [1.54, 1.807) is 0 Å². The lowest BCUT2D eigenvalue weighted by Crippen LogP contribution is -2.48. The third-order valence-electron chi connectivity index (χ3n) is 2.88. The molecule has 4 heteroatoms. The highest BCUT2D eigenvalue weighted by atomic mass is 16.4. The maximum atomic E-state index is 11.2. The lowest BCUT2D eigenvalue weighted by molar-refractivity contribution is -0.149. The van der Waals surface area contributed by atoms with Crippen LogP contribution in [0.15, 0.2) is 0 Å². The molecule has 0 spiro atoms. The van der Waals surface area contributed by atoms with Crippen LogP contribution in [0.2, 0.25) is 0 Å². The maximum Gasteiger partial charge on any atom is 0.316 e. The van der Waals surface area contributed by atoms with Crippen molar-refractivity contribution in [1.29, 1.82) is 0 Å². The van der Waals surface area contributed by atoms with Crippen LogP contribution in [-0.2, 0) is 9.59 Å². The van der Waals surface area contributed by atoms with Crippen molar-refractivity contribution in [2.75, 3.05) is 6.54 Å². The molecule has 14 heavy (non-hydrogen) atoms. The number of carbonyl (C=O) groups is 2.